The summed E-state index contributed by atoms with van der Waals surface area (Å²) in [5.41, 5.74) is 1.51. The molecule has 0 aliphatic heterocycles. The molecule has 7 heteroatoms. The van der Waals surface area contributed by atoms with Crippen molar-refractivity contribution in [3.63, 3.8) is 0 Å². The maximum Gasteiger partial charge on any atom is 0.324 e. The second kappa shape index (κ2) is 6.15. The molecular formula is C13H14Cl2N4O. The Hall–Kier alpha value is -1.72. The van der Waals surface area contributed by atoms with Gasteiger partial charge in [-0.05, 0) is 24.1 Å². The summed E-state index contributed by atoms with van der Waals surface area (Å²) in [5, 5.41) is 13.0. The highest BCUT2D eigenvalue weighted by Gasteiger charge is 2.08. The SMILES string of the molecule is CC(C)c1cc(NC(=O)Nc2ccc(Cl)c(Cl)c2)n[nH]1. The highest BCUT2D eigenvalue weighted by Crippen LogP contribution is 2.25. The first-order valence-corrected chi connectivity index (χ1v) is 6.79. The number of anilines is 2. The Bertz CT molecular complexity index is 625. The molecular weight excluding hydrogens is 299 g/mol. The molecule has 1 heterocycles. The maximum atomic E-state index is 11.8. The molecule has 0 saturated carbocycles. The molecule has 2 rings (SSSR count). The molecule has 5 nitrogen and oxygen atoms in total. The predicted octanol–water partition coefficient (Wildman–Crippen LogP) is 4.48. The molecule has 20 heavy (non-hydrogen) atoms. The quantitative estimate of drug-likeness (QED) is 0.781. The third-order valence-electron chi connectivity index (χ3n) is 2.64. The van der Waals surface area contributed by atoms with Gasteiger partial charge in [-0.2, -0.15) is 5.10 Å². The number of carbonyl (C=O) groups excluding carboxylic acids is 1. The number of hydrogen-bond acceptors (Lipinski definition) is 2. The Morgan fingerprint density at radius 1 is 1.20 bits per heavy atom. The van der Waals surface area contributed by atoms with Gasteiger partial charge in [-0.3, -0.25) is 10.4 Å². The molecule has 0 bridgehead atoms. The molecule has 1 aromatic carbocycles. The minimum absolute atomic E-state index is 0.316. The first-order valence-electron chi connectivity index (χ1n) is 6.04. The molecule has 0 radical (unpaired) electrons. The highest BCUT2D eigenvalue weighted by atomic mass is 35.5. The maximum absolute atomic E-state index is 11.8. The molecule has 0 unspecified atom stereocenters. The smallest absolute Gasteiger partial charge is 0.308 e. The zero-order valence-corrected chi connectivity index (χ0v) is 12.5. The van der Waals surface area contributed by atoms with Gasteiger partial charge in [-0.15, -0.1) is 0 Å². The minimum atomic E-state index is -0.398. The number of rotatable bonds is 3. The van der Waals surface area contributed by atoms with E-state index in [0.717, 1.165) is 5.69 Å². The Kier molecular flexibility index (Phi) is 4.52. The van der Waals surface area contributed by atoms with Crippen LogP contribution in [-0.4, -0.2) is 16.2 Å². The lowest BCUT2D eigenvalue weighted by Crippen LogP contribution is -2.19. The van der Waals surface area contributed by atoms with Crippen molar-refractivity contribution < 1.29 is 4.79 Å². The number of nitrogens with one attached hydrogen (secondary N) is 3. The molecule has 3 N–H and O–H groups in total. The monoisotopic (exact) mass is 312 g/mol. The topological polar surface area (TPSA) is 69.8 Å². The van der Waals surface area contributed by atoms with Crippen molar-refractivity contribution in [1.82, 2.24) is 10.2 Å². The number of amides is 2. The lowest BCUT2D eigenvalue weighted by Gasteiger charge is -2.06. The van der Waals surface area contributed by atoms with Gasteiger partial charge < -0.3 is 5.32 Å². The largest absolute Gasteiger partial charge is 0.324 e. The molecule has 0 fully saturated rings. The molecule has 106 valence electrons. The minimum Gasteiger partial charge on any atom is -0.308 e. The molecule has 0 saturated heterocycles. The summed E-state index contributed by atoms with van der Waals surface area (Å²) in [6.07, 6.45) is 0. The zero-order chi connectivity index (χ0) is 14.7. The number of aromatic amines is 1. The van der Waals surface area contributed by atoms with E-state index in [2.05, 4.69) is 20.8 Å². The third-order valence-corrected chi connectivity index (χ3v) is 3.38. The van der Waals surface area contributed by atoms with E-state index >= 15 is 0 Å². The molecule has 0 aliphatic carbocycles. The van der Waals surface area contributed by atoms with Gasteiger partial charge in [0.1, 0.15) is 0 Å². The highest BCUT2D eigenvalue weighted by molar-refractivity contribution is 6.42. The Labute approximate surface area is 126 Å². The summed E-state index contributed by atoms with van der Waals surface area (Å²) in [7, 11) is 0. The van der Waals surface area contributed by atoms with Crippen molar-refractivity contribution >= 4 is 40.7 Å². The van der Waals surface area contributed by atoms with Crippen LogP contribution in [0.25, 0.3) is 0 Å². The standard InChI is InChI=1S/C13H14Cl2N4O/c1-7(2)11-6-12(19-18-11)17-13(20)16-8-3-4-9(14)10(15)5-8/h3-7H,1-2H3,(H3,16,17,18,19,20). The fourth-order valence-electron chi connectivity index (χ4n) is 1.55. The average molecular weight is 313 g/mol. The van der Waals surface area contributed by atoms with Gasteiger partial charge in [0.15, 0.2) is 5.82 Å². The van der Waals surface area contributed by atoms with E-state index in [4.69, 9.17) is 23.2 Å². The summed E-state index contributed by atoms with van der Waals surface area (Å²) in [5.74, 6) is 0.780. The Morgan fingerprint density at radius 2 is 1.95 bits per heavy atom. The van der Waals surface area contributed by atoms with Crippen LogP contribution in [0.1, 0.15) is 25.5 Å². The van der Waals surface area contributed by atoms with Crippen LogP contribution in [0.15, 0.2) is 24.3 Å². The molecule has 2 amide bonds. The van der Waals surface area contributed by atoms with Gasteiger partial charge in [-0.1, -0.05) is 37.0 Å². The van der Waals surface area contributed by atoms with E-state index in [0.29, 0.717) is 27.5 Å². The van der Waals surface area contributed by atoms with Crippen LogP contribution >= 0.6 is 23.2 Å². The summed E-state index contributed by atoms with van der Waals surface area (Å²) < 4.78 is 0. The van der Waals surface area contributed by atoms with Gasteiger partial charge in [0.25, 0.3) is 0 Å². The van der Waals surface area contributed by atoms with Gasteiger partial charge in [0.2, 0.25) is 0 Å². The first kappa shape index (κ1) is 14.7. The zero-order valence-electron chi connectivity index (χ0n) is 11.0. The van der Waals surface area contributed by atoms with Crippen molar-refractivity contribution in [3.8, 4) is 0 Å². The summed E-state index contributed by atoms with van der Waals surface area (Å²) in [6, 6.07) is 6.25. The van der Waals surface area contributed by atoms with E-state index in [9.17, 15) is 4.79 Å². The van der Waals surface area contributed by atoms with Crippen LogP contribution in [0, 0.1) is 0 Å². The molecule has 0 atom stereocenters. The van der Waals surface area contributed by atoms with Crippen LogP contribution in [0.4, 0.5) is 16.3 Å². The number of nitrogens with zero attached hydrogens (tertiary/aromatic N) is 1. The van der Waals surface area contributed by atoms with Crippen molar-refractivity contribution in [3.05, 3.63) is 40.0 Å². The molecule has 0 aliphatic rings. The lowest BCUT2D eigenvalue weighted by atomic mass is 10.1. The molecule has 0 spiro atoms. The van der Waals surface area contributed by atoms with Crippen molar-refractivity contribution in [1.29, 1.82) is 0 Å². The van der Waals surface area contributed by atoms with Gasteiger partial charge in [0, 0.05) is 17.4 Å². The van der Waals surface area contributed by atoms with Crippen molar-refractivity contribution in [2.24, 2.45) is 0 Å². The molecule has 2 aromatic rings. The lowest BCUT2D eigenvalue weighted by molar-refractivity contribution is 0.262. The van der Waals surface area contributed by atoms with E-state index in [1.54, 1.807) is 24.3 Å². The van der Waals surface area contributed by atoms with Crippen LogP contribution in [-0.2, 0) is 0 Å². The normalized spacial score (nSPS) is 10.7. The number of urea groups is 1. The van der Waals surface area contributed by atoms with E-state index < -0.39 is 6.03 Å². The Morgan fingerprint density at radius 3 is 2.55 bits per heavy atom. The predicted molar refractivity (Wildman–Crippen MR) is 81.8 cm³/mol. The average Bonchev–Trinajstić information content (AvgIpc) is 2.82. The third kappa shape index (κ3) is 3.65. The van der Waals surface area contributed by atoms with Gasteiger partial charge >= 0.3 is 6.03 Å². The van der Waals surface area contributed by atoms with E-state index in [1.807, 2.05) is 13.8 Å². The van der Waals surface area contributed by atoms with Crippen LogP contribution in [0.3, 0.4) is 0 Å². The second-order valence-corrected chi connectivity index (χ2v) is 5.39. The Balaban J connectivity index is 1.99. The van der Waals surface area contributed by atoms with Crippen LogP contribution < -0.4 is 10.6 Å². The van der Waals surface area contributed by atoms with E-state index in [-0.39, 0.29) is 0 Å². The number of hydrogen-bond donors (Lipinski definition) is 3. The van der Waals surface area contributed by atoms with Gasteiger partial charge in [-0.25, -0.2) is 4.79 Å². The van der Waals surface area contributed by atoms with Crippen LogP contribution in [0.2, 0.25) is 10.0 Å². The number of carbonyl (C=O) groups is 1. The fourth-order valence-corrected chi connectivity index (χ4v) is 1.85. The number of benzene rings is 1. The van der Waals surface area contributed by atoms with Crippen LogP contribution in [0.5, 0.6) is 0 Å². The number of halogens is 2. The van der Waals surface area contributed by atoms with E-state index in [1.165, 1.54) is 0 Å². The number of H-pyrrole nitrogens is 1. The summed E-state index contributed by atoms with van der Waals surface area (Å²) >= 11 is 11.7. The summed E-state index contributed by atoms with van der Waals surface area (Å²) in [6.45, 7) is 4.07. The molecule has 1 aromatic heterocycles. The second-order valence-electron chi connectivity index (χ2n) is 4.57. The van der Waals surface area contributed by atoms with Crippen molar-refractivity contribution in [2.75, 3.05) is 10.6 Å². The van der Waals surface area contributed by atoms with Gasteiger partial charge in [0.05, 0.1) is 10.0 Å². The first-order chi connectivity index (χ1) is 9.45. The number of aromatic nitrogens is 2. The fraction of sp³-hybridized carbons (Fsp3) is 0.231. The van der Waals surface area contributed by atoms with Crippen molar-refractivity contribution in [2.45, 2.75) is 19.8 Å². The summed E-state index contributed by atoms with van der Waals surface area (Å²) in [4.78, 5) is 11.8.